The summed E-state index contributed by atoms with van der Waals surface area (Å²) < 4.78 is 14.3. The first-order chi connectivity index (χ1) is 9.81. The fraction of sp³-hybridized carbons (Fsp3) is 0.188. The molecule has 0 aliphatic carbocycles. The van der Waals surface area contributed by atoms with Crippen molar-refractivity contribution in [2.75, 3.05) is 0 Å². The average Bonchev–Trinajstić information content (AvgIpc) is 2.96. The Labute approximate surface area is 123 Å². The molecule has 0 bridgehead atoms. The molecular weight excluding hydrogens is 320 g/mol. The predicted octanol–water partition coefficient (Wildman–Crippen LogP) is 2.77. The number of hydrogen-bond donors (Lipinski definition) is 0. The van der Waals surface area contributed by atoms with Crippen LogP contribution in [0.1, 0.15) is 12.0 Å². The summed E-state index contributed by atoms with van der Waals surface area (Å²) in [6.45, 7) is 0. The summed E-state index contributed by atoms with van der Waals surface area (Å²) >= 11 is 0.402. The molecule has 0 saturated carbocycles. The van der Waals surface area contributed by atoms with E-state index in [1.54, 1.807) is 12.1 Å². The van der Waals surface area contributed by atoms with Gasteiger partial charge in [0.05, 0.1) is 0 Å². The summed E-state index contributed by atoms with van der Waals surface area (Å²) in [7, 11) is 0. The van der Waals surface area contributed by atoms with Crippen LogP contribution in [-0.2, 0) is 4.84 Å². The standard InChI is InChI=1S/C16H14FNOSe/c17-13-8-6-12(7-9-13)16-10-14(19-18-16)11-20-15-4-2-1-3-5-15/h1-9,14H,10-11H2. The molecule has 4 heteroatoms. The Balaban J connectivity index is 1.55. The van der Waals surface area contributed by atoms with Crippen LogP contribution in [0.15, 0.2) is 59.8 Å². The maximum atomic E-state index is 12.9. The van der Waals surface area contributed by atoms with Gasteiger partial charge < -0.3 is 0 Å². The molecule has 1 aliphatic rings. The van der Waals surface area contributed by atoms with Gasteiger partial charge >= 0.3 is 123 Å². The zero-order valence-electron chi connectivity index (χ0n) is 10.8. The molecule has 0 amide bonds. The Morgan fingerprint density at radius 3 is 2.60 bits per heavy atom. The second kappa shape index (κ2) is 6.21. The summed E-state index contributed by atoms with van der Waals surface area (Å²) in [5, 5.41) is 5.14. The van der Waals surface area contributed by atoms with Crippen molar-refractivity contribution in [3.05, 3.63) is 66.0 Å². The van der Waals surface area contributed by atoms with Crippen LogP contribution in [0.3, 0.4) is 0 Å². The molecule has 1 heterocycles. The van der Waals surface area contributed by atoms with Gasteiger partial charge in [-0.3, -0.25) is 0 Å². The SMILES string of the molecule is Fc1ccc(C2=NOC(C[Se]c3ccccc3)C2)cc1. The molecule has 102 valence electrons. The van der Waals surface area contributed by atoms with E-state index in [0.717, 1.165) is 23.0 Å². The second-order valence-corrected chi connectivity index (χ2v) is 6.89. The molecule has 0 saturated heterocycles. The minimum absolute atomic E-state index is 0.148. The Morgan fingerprint density at radius 1 is 1.10 bits per heavy atom. The summed E-state index contributed by atoms with van der Waals surface area (Å²) in [6, 6.07) is 16.9. The van der Waals surface area contributed by atoms with Gasteiger partial charge in [0.25, 0.3) is 0 Å². The first-order valence-electron chi connectivity index (χ1n) is 6.48. The number of benzene rings is 2. The van der Waals surface area contributed by atoms with Gasteiger partial charge in [-0.05, 0) is 0 Å². The van der Waals surface area contributed by atoms with Crippen molar-refractivity contribution < 1.29 is 9.23 Å². The van der Waals surface area contributed by atoms with Gasteiger partial charge in [0.2, 0.25) is 0 Å². The number of hydrogen-bond acceptors (Lipinski definition) is 2. The second-order valence-electron chi connectivity index (χ2n) is 4.60. The van der Waals surface area contributed by atoms with Gasteiger partial charge in [-0.15, -0.1) is 0 Å². The van der Waals surface area contributed by atoms with E-state index in [9.17, 15) is 4.39 Å². The van der Waals surface area contributed by atoms with Gasteiger partial charge in [0.15, 0.2) is 0 Å². The van der Waals surface area contributed by atoms with E-state index in [4.69, 9.17) is 4.84 Å². The third kappa shape index (κ3) is 3.27. The molecular formula is C16H14FNOSe. The number of halogens is 1. The van der Waals surface area contributed by atoms with E-state index in [-0.39, 0.29) is 11.9 Å². The van der Waals surface area contributed by atoms with Crippen LogP contribution in [0.2, 0.25) is 5.32 Å². The van der Waals surface area contributed by atoms with Crippen LogP contribution in [0.25, 0.3) is 0 Å². The van der Waals surface area contributed by atoms with Gasteiger partial charge in [0, 0.05) is 0 Å². The van der Waals surface area contributed by atoms with Gasteiger partial charge in [-0.1, -0.05) is 0 Å². The minimum atomic E-state index is -0.225. The van der Waals surface area contributed by atoms with Crippen LogP contribution in [0.5, 0.6) is 0 Å². The summed E-state index contributed by atoms with van der Waals surface area (Å²) in [5.41, 5.74) is 1.86. The molecule has 1 aliphatic heterocycles. The zero-order valence-corrected chi connectivity index (χ0v) is 12.5. The van der Waals surface area contributed by atoms with Crippen LogP contribution in [0.4, 0.5) is 4.39 Å². The molecule has 1 unspecified atom stereocenters. The van der Waals surface area contributed by atoms with Crippen molar-refractivity contribution in [2.24, 2.45) is 5.16 Å². The molecule has 0 radical (unpaired) electrons. The fourth-order valence-electron chi connectivity index (χ4n) is 2.04. The Bertz CT molecular complexity index is 598. The first kappa shape index (κ1) is 13.3. The van der Waals surface area contributed by atoms with E-state index in [2.05, 4.69) is 29.4 Å². The topological polar surface area (TPSA) is 21.6 Å². The van der Waals surface area contributed by atoms with Crippen molar-refractivity contribution in [1.29, 1.82) is 0 Å². The van der Waals surface area contributed by atoms with Crippen LogP contribution < -0.4 is 4.46 Å². The normalized spacial score (nSPS) is 17.6. The van der Waals surface area contributed by atoms with Crippen LogP contribution >= 0.6 is 0 Å². The molecule has 2 nitrogen and oxygen atoms in total. The summed E-state index contributed by atoms with van der Waals surface area (Å²) in [4.78, 5) is 5.48. The fourth-order valence-corrected chi connectivity index (χ4v) is 3.94. The van der Waals surface area contributed by atoms with Gasteiger partial charge in [-0.25, -0.2) is 0 Å². The maximum absolute atomic E-state index is 12.9. The van der Waals surface area contributed by atoms with Crippen LogP contribution in [-0.4, -0.2) is 26.8 Å². The molecule has 0 N–H and O–H groups in total. The Kier molecular flexibility index (Phi) is 4.14. The average molecular weight is 334 g/mol. The number of oxime groups is 1. The van der Waals surface area contributed by atoms with E-state index >= 15 is 0 Å². The molecule has 1 atom stereocenters. The van der Waals surface area contributed by atoms with Gasteiger partial charge in [0.1, 0.15) is 0 Å². The molecule has 0 spiro atoms. The third-order valence-corrected chi connectivity index (χ3v) is 5.49. The molecule has 2 aromatic carbocycles. The third-order valence-electron chi connectivity index (χ3n) is 3.09. The van der Waals surface area contributed by atoms with Crippen LogP contribution in [0, 0.1) is 5.82 Å². The Morgan fingerprint density at radius 2 is 1.85 bits per heavy atom. The molecule has 2 aromatic rings. The quantitative estimate of drug-likeness (QED) is 0.788. The summed E-state index contributed by atoms with van der Waals surface area (Å²) in [5.74, 6) is -0.225. The zero-order chi connectivity index (χ0) is 13.8. The van der Waals surface area contributed by atoms with Gasteiger partial charge in [-0.2, -0.15) is 0 Å². The van der Waals surface area contributed by atoms with Crippen molar-refractivity contribution in [3.8, 4) is 0 Å². The van der Waals surface area contributed by atoms with Crippen molar-refractivity contribution in [1.82, 2.24) is 0 Å². The van der Waals surface area contributed by atoms with E-state index in [0.29, 0.717) is 15.0 Å². The Hall–Kier alpha value is -1.64. The monoisotopic (exact) mass is 335 g/mol. The molecule has 0 aromatic heterocycles. The molecule has 0 fully saturated rings. The van der Waals surface area contributed by atoms with Crippen molar-refractivity contribution >= 4 is 25.1 Å². The van der Waals surface area contributed by atoms with Crippen molar-refractivity contribution in [3.63, 3.8) is 0 Å². The van der Waals surface area contributed by atoms with Crippen molar-refractivity contribution in [2.45, 2.75) is 17.8 Å². The van der Waals surface area contributed by atoms with E-state index in [1.165, 1.54) is 16.6 Å². The number of nitrogens with zero attached hydrogens (tertiary/aromatic N) is 1. The van der Waals surface area contributed by atoms with E-state index < -0.39 is 0 Å². The summed E-state index contributed by atoms with van der Waals surface area (Å²) in [6.07, 6.45) is 0.954. The molecule has 3 rings (SSSR count). The number of rotatable bonds is 4. The van der Waals surface area contributed by atoms with E-state index in [1.807, 2.05) is 6.07 Å². The first-order valence-corrected chi connectivity index (χ1v) is 8.54. The predicted molar refractivity (Wildman–Crippen MR) is 79.1 cm³/mol. The molecule has 20 heavy (non-hydrogen) atoms.